The van der Waals surface area contributed by atoms with E-state index in [-0.39, 0.29) is 40.6 Å². The van der Waals surface area contributed by atoms with Gasteiger partial charge in [0.2, 0.25) is 11.2 Å². The standard InChI is InChI=1S/C25H27F3N6O8S/c1-17-6-8-18(9-7-17)21-15-22(25(26,27)28)29-33(21)19-10-12-20(13-11-19)43(38,39)30-23(35)5-4-14-32(2)34(37)31-42-16-41-24(36)40-3/h6-13,15H,4-5,14,16H2,1-3H3,(H,30,35). The van der Waals surface area contributed by atoms with E-state index >= 15 is 0 Å². The largest absolute Gasteiger partial charge is 0.569 e. The van der Waals surface area contributed by atoms with Crippen LogP contribution in [0.15, 0.2) is 64.8 Å². The molecule has 14 nitrogen and oxygen atoms in total. The first kappa shape index (κ1) is 32.6. The summed E-state index contributed by atoms with van der Waals surface area (Å²) in [5.74, 6) is -0.863. The third-order valence-electron chi connectivity index (χ3n) is 5.69. The van der Waals surface area contributed by atoms with Crippen molar-refractivity contribution in [3.05, 3.63) is 71.1 Å². The molecule has 1 N–H and O–H groups in total. The fourth-order valence-electron chi connectivity index (χ4n) is 3.50. The Morgan fingerprint density at radius 1 is 1.14 bits per heavy atom. The number of aromatic nitrogens is 2. The van der Waals surface area contributed by atoms with Crippen molar-refractivity contribution in [2.24, 2.45) is 5.28 Å². The van der Waals surface area contributed by atoms with Crippen LogP contribution in [0, 0.1) is 12.1 Å². The number of methoxy groups -OCH3 is 1. The van der Waals surface area contributed by atoms with Crippen LogP contribution in [0.25, 0.3) is 16.9 Å². The molecule has 1 amide bonds. The van der Waals surface area contributed by atoms with Gasteiger partial charge in [0.15, 0.2) is 5.69 Å². The summed E-state index contributed by atoms with van der Waals surface area (Å²) in [6, 6.07) is 12.5. The number of hydrazine groups is 1. The predicted octanol–water partition coefficient (Wildman–Crippen LogP) is 3.93. The minimum absolute atomic E-state index is 0.0243. The van der Waals surface area contributed by atoms with E-state index in [0.717, 1.165) is 40.6 Å². The number of sulfonamides is 1. The summed E-state index contributed by atoms with van der Waals surface area (Å²) in [7, 11) is -1.92. The van der Waals surface area contributed by atoms with Crippen molar-refractivity contribution in [1.29, 1.82) is 0 Å². The number of carbonyl (C=O) groups is 2. The van der Waals surface area contributed by atoms with Crippen LogP contribution in [0.4, 0.5) is 18.0 Å². The Morgan fingerprint density at radius 3 is 2.40 bits per heavy atom. The highest BCUT2D eigenvalue weighted by molar-refractivity contribution is 7.90. The van der Waals surface area contributed by atoms with Gasteiger partial charge in [-0.1, -0.05) is 29.8 Å². The van der Waals surface area contributed by atoms with Gasteiger partial charge in [-0.15, -0.1) is 5.01 Å². The number of rotatable bonds is 12. The first-order valence-corrected chi connectivity index (χ1v) is 13.8. The summed E-state index contributed by atoms with van der Waals surface area (Å²) in [6.45, 7) is 1.13. The Labute approximate surface area is 243 Å². The van der Waals surface area contributed by atoms with Crippen molar-refractivity contribution in [3.63, 3.8) is 0 Å². The summed E-state index contributed by atoms with van der Waals surface area (Å²) in [6.07, 6.45) is -5.98. The zero-order valence-electron chi connectivity index (χ0n) is 23.1. The summed E-state index contributed by atoms with van der Waals surface area (Å²) < 4.78 is 77.3. The van der Waals surface area contributed by atoms with Crippen LogP contribution in [0.5, 0.6) is 0 Å². The lowest BCUT2D eigenvalue weighted by Crippen LogP contribution is -2.32. The van der Waals surface area contributed by atoms with Crippen LogP contribution in [-0.4, -0.2) is 67.7 Å². The van der Waals surface area contributed by atoms with E-state index < -0.39 is 40.7 Å². The zero-order valence-corrected chi connectivity index (χ0v) is 23.9. The van der Waals surface area contributed by atoms with E-state index in [1.807, 2.05) is 11.6 Å². The zero-order chi connectivity index (χ0) is 31.8. The molecule has 1 aromatic heterocycles. The Hall–Kier alpha value is -4.87. The second kappa shape index (κ2) is 13.9. The number of hydrogen-bond acceptors (Lipinski definition) is 10. The van der Waals surface area contributed by atoms with E-state index in [0.29, 0.717) is 5.56 Å². The van der Waals surface area contributed by atoms with Gasteiger partial charge in [0.25, 0.3) is 16.8 Å². The molecule has 1 heterocycles. The molecule has 3 rings (SSSR count). The van der Waals surface area contributed by atoms with Gasteiger partial charge >= 0.3 is 12.3 Å². The van der Waals surface area contributed by atoms with Gasteiger partial charge in [-0.2, -0.15) is 18.3 Å². The minimum atomic E-state index is -4.71. The van der Waals surface area contributed by atoms with Crippen molar-refractivity contribution in [2.45, 2.75) is 30.8 Å². The molecule has 0 bridgehead atoms. The van der Waals surface area contributed by atoms with Crippen molar-refractivity contribution < 1.29 is 50.5 Å². The van der Waals surface area contributed by atoms with E-state index in [1.165, 1.54) is 19.2 Å². The number of benzene rings is 2. The summed E-state index contributed by atoms with van der Waals surface area (Å²) in [5, 5.41) is 19.6. The van der Waals surface area contributed by atoms with Crippen molar-refractivity contribution in [2.75, 3.05) is 27.5 Å². The molecule has 2 aromatic carbocycles. The van der Waals surface area contributed by atoms with Crippen LogP contribution in [-0.2, 0) is 35.3 Å². The Bertz CT molecular complexity index is 1560. The lowest BCUT2D eigenvalue weighted by molar-refractivity contribution is -0.706. The number of nitrogens with one attached hydrogen (secondary N) is 1. The number of halogens is 3. The molecule has 0 aliphatic heterocycles. The molecule has 0 saturated heterocycles. The molecule has 43 heavy (non-hydrogen) atoms. The molecule has 0 radical (unpaired) electrons. The van der Waals surface area contributed by atoms with Gasteiger partial charge in [-0.25, -0.2) is 22.6 Å². The molecule has 0 atom stereocenters. The number of nitrogens with zero attached hydrogens (tertiary/aromatic N) is 5. The Balaban J connectivity index is 1.63. The predicted molar refractivity (Wildman–Crippen MR) is 141 cm³/mol. The van der Waals surface area contributed by atoms with Crippen LogP contribution in [0.1, 0.15) is 24.1 Å². The van der Waals surface area contributed by atoms with Gasteiger partial charge in [0.1, 0.15) is 0 Å². The molecular weight excluding hydrogens is 601 g/mol. The molecule has 3 aromatic rings. The quantitative estimate of drug-likeness (QED) is 0.0775. The van der Waals surface area contributed by atoms with Crippen LogP contribution in [0.3, 0.4) is 0 Å². The third kappa shape index (κ3) is 9.06. The number of amides is 1. The molecule has 0 saturated carbocycles. The van der Waals surface area contributed by atoms with Gasteiger partial charge in [-0.3, -0.25) is 4.79 Å². The molecule has 0 aliphatic carbocycles. The maximum absolute atomic E-state index is 13.4. The van der Waals surface area contributed by atoms with Crippen molar-refractivity contribution >= 4 is 22.1 Å². The summed E-state index contributed by atoms with van der Waals surface area (Å²) in [4.78, 5) is 27.2. The second-order valence-electron chi connectivity index (χ2n) is 8.88. The van der Waals surface area contributed by atoms with Gasteiger partial charge in [0, 0.05) is 12.0 Å². The Kier molecular flexibility index (Phi) is 10.5. The normalized spacial score (nSPS) is 12.0. The molecule has 18 heteroatoms. The lowest BCUT2D eigenvalue weighted by atomic mass is 10.1. The van der Waals surface area contributed by atoms with E-state index in [2.05, 4.69) is 24.7 Å². The number of alkyl halides is 3. The number of carbonyl (C=O) groups excluding carboxylic acids is 2. The fraction of sp³-hybridized carbons (Fsp3) is 0.320. The monoisotopic (exact) mass is 628 g/mol. The molecule has 0 unspecified atom stereocenters. The molecule has 0 spiro atoms. The van der Waals surface area contributed by atoms with Crippen LogP contribution < -0.4 is 4.72 Å². The summed E-state index contributed by atoms with van der Waals surface area (Å²) in [5.41, 5.74) is 0.565. The molecular formula is C25H27F3N6O8S. The SMILES string of the molecule is COC(=O)OCON=[N+]([O-])N(C)CCCC(=O)NS(=O)(=O)c1ccc(-n2nc(C(F)(F)F)cc2-c2ccc(C)cc2)cc1. The van der Waals surface area contributed by atoms with Gasteiger partial charge in [-0.05, 0) is 43.7 Å². The van der Waals surface area contributed by atoms with E-state index in [1.54, 1.807) is 24.3 Å². The highest BCUT2D eigenvalue weighted by atomic mass is 32.2. The Morgan fingerprint density at radius 2 is 1.79 bits per heavy atom. The average molecular weight is 629 g/mol. The third-order valence-corrected chi connectivity index (χ3v) is 7.08. The van der Waals surface area contributed by atoms with Gasteiger partial charge in [0.05, 0.1) is 41.9 Å². The van der Waals surface area contributed by atoms with E-state index in [4.69, 9.17) is 0 Å². The molecule has 0 aliphatic rings. The first-order chi connectivity index (χ1) is 20.2. The maximum atomic E-state index is 13.4. The highest BCUT2D eigenvalue weighted by Crippen LogP contribution is 2.33. The van der Waals surface area contributed by atoms with Crippen molar-refractivity contribution in [1.82, 2.24) is 19.5 Å². The number of hydrogen-bond donors (Lipinski definition) is 1. The lowest BCUT2D eigenvalue weighted by Gasteiger charge is -2.13. The minimum Gasteiger partial charge on any atom is -0.569 e. The smallest absolute Gasteiger partial charge is 0.510 e. The van der Waals surface area contributed by atoms with E-state index in [9.17, 15) is 36.4 Å². The highest BCUT2D eigenvalue weighted by Gasteiger charge is 2.35. The van der Waals surface area contributed by atoms with Gasteiger partial charge < -0.3 is 19.5 Å². The number of aryl methyl sites for hydroxylation is 1. The van der Waals surface area contributed by atoms with Crippen LogP contribution in [0.2, 0.25) is 0 Å². The first-order valence-electron chi connectivity index (χ1n) is 12.3. The molecule has 0 fully saturated rings. The van der Waals surface area contributed by atoms with Crippen LogP contribution >= 0.6 is 0 Å². The average Bonchev–Trinajstić information content (AvgIpc) is 3.41. The summed E-state index contributed by atoms with van der Waals surface area (Å²) >= 11 is 0. The molecule has 232 valence electrons. The second-order valence-corrected chi connectivity index (χ2v) is 10.6. The fourth-order valence-corrected chi connectivity index (χ4v) is 4.51. The number of ether oxygens (including phenoxy) is 2. The topological polar surface area (TPSA) is 167 Å². The maximum Gasteiger partial charge on any atom is 0.510 e. The van der Waals surface area contributed by atoms with Crippen molar-refractivity contribution in [3.8, 4) is 16.9 Å².